The predicted molar refractivity (Wildman–Crippen MR) is 90.4 cm³/mol. The number of hydrogen-bond donors (Lipinski definition) is 1. The Balaban J connectivity index is 1.82. The first-order chi connectivity index (χ1) is 11.3. The topological polar surface area (TPSA) is 21.3 Å². The molecule has 0 aromatic heterocycles. The van der Waals surface area contributed by atoms with Crippen molar-refractivity contribution in [3.8, 4) is 5.75 Å². The lowest BCUT2D eigenvalue weighted by atomic mass is 9.77. The van der Waals surface area contributed by atoms with E-state index in [1.54, 1.807) is 12.1 Å². The van der Waals surface area contributed by atoms with Gasteiger partial charge in [0, 0.05) is 11.5 Å². The highest BCUT2D eigenvalue weighted by Crippen LogP contribution is 2.52. The number of fused-ring (bicyclic) bond motifs is 3. The molecule has 1 aliphatic heterocycles. The maximum Gasteiger partial charge on any atom is 0.142 e. The van der Waals surface area contributed by atoms with Crippen LogP contribution in [-0.2, 0) is 0 Å². The van der Waals surface area contributed by atoms with E-state index >= 15 is 0 Å². The lowest BCUT2D eigenvalue weighted by Gasteiger charge is -2.38. The van der Waals surface area contributed by atoms with Crippen LogP contribution in [-0.4, -0.2) is 6.61 Å². The number of anilines is 1. The van der Waals surface area contributed by atoms with Crippen molar-refractivity contribution in [3.05, 3.63) is 71.6 Å². The van der Waals surface area contributed by atoms with Gasteiger partial charge in [-0.05, 0) is 37.0 Å². The van der Waals surface area contributed by atoms with Gasteiger partial charge in [0.15, 0.2) is 0 Å². The van der Waals surface area contributed by atoms with Crippen LogP contribution >= 0.6 is 0 Å². The second kappa shape index (κ2) is 5.73. The molecule has 1 N–H and O–H groups in total. The Kier molecular flexibility index (Phi) is 3.56. The molecule has 23 heavy (non-hydrogen) atoms. The van der Waals surface area contributed by atoms with Crippen LogP contribution in [0.2, 0.25) is 0 Å². The molecular weight excluding hydrogens is 289 g/mol. The minimum atomic E-state index is -0.145. The number of benzene rings is 2. The quantitative estimate of drug-likeness (QED) is 0.801. The summed E-state index contributed by atoms with van der Waals surface area (Å²) < 4.78 is 20.2. The fourth-order valence-corrected chi connectivity index (χ4v) is 3.90. The van der Waals surface area contributed by atoms with Crippen LogP contribution in [0.3, 0.4) is 0 Å². The van der Waals surface area contributed by atoms with Gasteiger partial charge in [-0.15, -0.1) is 0 Å². The predicted octanol–water partition coefficient (Wildman–Crippen LogP) is 5.05. The van der Waals surface area contributed by atoms with Gasteiger partial charge in [-0.3, -0.25) is 0 Å². The summed E-state index contributed by atoms with van der Waals surface area (Å²) >= 11 is 0. The molecule has 0 radical (unpaired) electrons. The molecule has 2 aromatic rings. The highest BCUT2D eigenvalue weighted by molar-refractivity contribution is 5.67. The SMILES string of the molecule is CCOc1cccc2c1N[C@H](c1ccccc1F)[C@H]1CC=C[C@@H]21. The van der Waals surface area contributed by atoms with Crippen LogP contribution in [0.15, 0.2) is 54.6 Å². The van der Waals surface area contributed by atoms with Crippen molar-refractivity contribution in [2.24, 2.45) is 5.92 Å². The summed E-state index contributed by atoms with van der Waals surface area (Å²) in [6.07, 6.45) is 5.44. The molecule has 1 aliphatic carbocycles. The van der Waals surface area contributed by atoms with E-state index in [2.05, 4.69) is 23.5 Å². The molecule has 0 unspecified atom stereocenters. The fraction of sp³-hybridized carbons (Fsp3) is 0.300. The zero-order valence-corrected chi connectivity index (χ0v) is 13.1. The molecule has 4 rings (SSSR count). The Morgan fingerprint density at radius 1 is 1.13 bits per heavy atom. The van der Waals surface area contributed by atoms with E-state index in [0.717, 1.165) is 23.4 Å². The number of halogens is 1. The van der Waals surface area contributed by atoms with Crippen molar-refractivity contribution >= 4 is 5.69 Å². The molecule has 2 nitrogen and oxygen atoms in total. The van der Waals surface area contributed by atoms with Crippen LogP contribution in [0, 0.1) is 11.7 Å². The highest BCUT2D eigenvalue weighted by Gasteiger charge is 2.39. The van der Waals surface area contributed by atoms with Gasteiger partial charge in [-0.25, -0.2) is 4.39 Å². The van der Waals surface area contributed by atoms with Crippen molar-refractivity contribution in [1.82, 2.24) is 0 Å². The summed E-state index contributed by atoms with van der Waals surface area (Å²) in [5.74, 6) is 1.37. The first-order valence-corrected chi connectivity index (χ1v) is 8.23. The maximum atomic E-state index is 14.4. The van der Waals surface area contributed by atoms with Crippen molar-refractivity contribution < 1.29 is 9.13 Å². The molecule has 0 bridgehead atoms. The largest absolute Gasteiger partial charge is 0.492 e. The molecule has 118 valence electrons. The van der Waals surface area contributed by atoms with E-state index in [-0.39, 0.29) is 11.9 Å². The van der Waals surface area contributed by atoms with Crippen LogP contribution in [0.1, 0.15) is 36.4 Å². The van der Waals surface area contributed by atoms with Gasteiger partial charge < -0.3 is 10.1 Å². The van der Waals surface area contributed by atoms with Gasteiger partial charge in [0.25, 0.3) is 0 Å². The minimum Gasteiger partial charge on any atom is -0.492 e. The first kappa shape index (κ1) is 14.3. The third-order valence-electron chi connectivity index (χ3n) is 4.90. The second-order valence-electron chi connectivity index (χ2n) is 6.15. The molecular formula is C20H20FNO. The van der Waals surface area contributed by atoms with Gasteiger partial charge in [-0.1, -0.05) is 42.5 Å². The molecule has 2 aliphatic rings. The van der Waals surface area contributed by atoms with Crippen LogP contribution in [0.4, 0.5) is 10.1 Å². The van der Waals surface area contributed by atoms with Crippen LogP contribution < -0.4 is 10.1 Å². The van der Waals surface area contributed by atoms with Crippen LogP contribution in [0.5, 0.6) is 5.75 Å². The van der Waals surface area contributed by atoms with Crippen LogP contribution in [0.25, 0.3) is 0 Å². The minimum absolute atomic E-state index is 0.0368. The summed E-state index contributed by atoms with van der Waals surface area (Å²) in [6.45, 7) is 2.60. The number of hydrogen-bond acceptors (Lipinski definition) is 2. The Morgan fingerprint density at radius 3 is 2.78 bits per heavy atom. The molecule has 1 heterocycles. The van der Waals surface area contributed by atoms with E-state index in [9.17, 15) is 4.39 Å². The average molecular weight is 309 g/mol. The van der Waals surface area contributed by atoms with Gasteiger partial charge in [0.05, 0.1) is 18.3 Å². The lowest BCUT2D eigenvalue weighted by molar-refractivity contribution is 0.336. The van der Waals surface area contributed by atoms with Gasteiger partial charge in [0.2, 0.25) is 0 Å². The zero-order chi connectivity index (χ0) is 15.8. The number of ether oxygens (including phenoxy) is 1. The molecule has 3 atom stereocenters. The lowest BCUT2D eigenvalue weighted by Crippen LogP contribution is -2.30. The van der Waals surface area contributed by atoms with Crippen molar-refractivity contribution in [3.63, 3.8) is 0 Å². The van der Waals surface area contributed by atoms with Crippen molar-refractivity contribution in [2.75, 3.05) is 11.9 Å². The Labute approximate surface area is 136 Å². The third-order valence-corrected chi connectivity index (χ3v) is 4.90. The normalized spacial score (nSPS) is 24.7. The monoisotopic (exact) mass is 309 g/mol. The van der Waals surface area contributed by atoms with Gasteiger partial charge in [0.1, 0.15) is 11.6 Å². The Bertz CT molecular complexity index is 755. The number of rotatable bonds is 3. The second-order valence-corrected chi connectivity index (χ2v) is 6.15. The molecule has 0 saturated carbocycles. The van der Waals surface area contributed by atoms with E-state index in [0.29, 0.717) is 18.4 Å². The number of nitrogens with one attached hydrogen (secondary N) is 1. The van der Waals surface area contributed by atoms with E-state index in [4.69, 9.17) is 4.74 Å². The summed E-state index contributed by atoms with van der Waals surface area (Å²) in [7, 11) is 0. The molecule has 3 heteroatoms. The molecule has 2 aromatic carbocycles. The molecule has 0 amide bonds. The molecule has 0 saturated heterocycles. The fourth-order valence-electron chi connectivity index (χ4n) is 3.90. The summed E-state index contributed by atoms with van der Waals surface area (Å²) in [6, 6.07) is 13.2. The standard InChI is InChI=1S/C20H20FNO/c1-2-23-18-12-6-10-15-13-8-5-9-14(13)19(22-20(15)18)16-7-3-4-11-17(16)21/h3-8,10-14,19,22H,2,9H2,1H3/t13-,14+,19+/m1/s1. The maximum absolute atomic E-state index is 14.4. The van der Waals surface area contributed by atoms with E-state index in [1.807, 2.05) is 31.2 Å². The Hall–Kier alpha value is -2.29. The third kappa shape index (κ3) is 2.31. The Morgan fingerprint density at radius 2 is 1.96 bits per heavy atom. The smallest absolute Gasteiger partial charge is 0.142 e. The molecule has 0 fully saturated rings. The number of para-hydroxylation sites is 1. The average Bonchev–Trinajstić information content (AvgIpc) is 3.05. The van der Waals surface area contributed by atoms with E-state index < -0.39 is 0 Å². The summed E-state index contributed by atoms with van der Waals surface area (Å²) in [5.41, 5.74) is 3.00. The van der Waals surface area contributed by atoms with Gasteiger partial charge >= 0.3 is 0 Å². The highest BCUT2D eigenvalue weighted by atomic mass is 19.1. The van der Waals surface area contributed by atoms with Crippen molar-refractivity contribution in [1.29, 1.82) is 0 Å². The van der Waals surface area contributed by atoms with E-state index in [1.165, 1.54) is 5.56 Å². The summed E-state index contributed by atoms with van der Waals surface area (Å²) in [5, 5.41) is 3.57. The van der Waals surface area contributed by atoms with Crippen molar-refractivity contribution in [2.45, 2.75) is 25.3 Å². The first-order valence-electron chi connectivity index (χ1n) is 8.23. The molecule has 0 spiro atoms. The van der Waals surface area contributed by atoms with Gasteiger partial charge in [-0.2, -0.15) is 0 Å². The summed E-state index contributed by atoms with van der Waals surface area (Å²) in [4.78, 5) is 0. The number of allylic oxidation sites excluding steroid dienone is 2. The zero-order valence-electron chi connectivity index (χ0n) is 13.1.